The zero-order chi connectivity index (χ0) is 12.1. The summed E-state index contributed by atoms with van der Waals surface area (Å²) in [4.78, 5) is 11.2. The topological polar surface area (TPSA) is 63.8 Å². The Kier molecular flexibility index (Phi) is 4.06. The largest absolute Gasteiger partial charge is 0.353 e. The van der Waals surface area contributed by atoms with Crippen LogP contribution < -0.4 is 11.1 Å². The van der Waals surface area contributed by atoms with Crippen LogP contribution in [0, 0.1) is 0 Å². The molecule has 4 nitrogen and oxygen atoms in total. The third kappa shape index (κ3) is 3.01. The van der Waals surface area contributed by atoms with Crippen molar-refractivity contribution in [2.75, 3.05) is 18.4 Å². The maximum atomic E-state index is 5.43. The average Bonchev–Trinajstić information content (AvgIpc) is 2.85. The zero-order valence-electron chi connectivity index (χ0n) is 9.81. The van der Waals surface area contributed by atoms with Gasteiger partial charge in [-0.1, -0.05) is 6.92 Å². The summed E-state index contributed by atoms with van der Waals surface area (Å²) in [5, 5.41) is 3.08. The minimum Gasteiger partial charge on any atom is -0.353 e. The third-order valence-corrected chi connectivity index (χ3v) is 3.60. The summed E-state index contributed by atoms with van der Waals surface area (Å²) in [6, 6.07) is 6.19. The average molecular weight is 248 g/mol. The molecule has 2 aromatic heterocycles. The molecule has 0 saturated heterocycles. The highest BCUT2D eigenvalue weighted by atomic mass is 32.1. The maximum Gasteiger partial charge on any atom is 0.223 e. The SMILES string of the molecule is CCc1ccc(-c2ccnc(NCCN)n2)s1. The molecule has 2 rings (SSSR count). The molecule has 0 aliphatic rings. The van der Waals surface area contributed by atoms with E-state index in [9.17, 15) is 0 Å². The van der Waals surface area contributed by atoms with Crippen LogP contribution in [0.5, 0.6) is 0 Å². The molecule has 17 heavy (non-hydrogen) atoms. The molecule has 2 heterocycles. The Labute approximate surface area is 105 Å². The number of rotatable bonds is 5. The van der Waals surface area contributed by atoms with Crippen LogP contribution in [0.1, 0.15) is 11.8 Å². The number of thiophene rings is 1. The Bertz CT molecular complexity index is 481. The Hall–Kier alpha value is -1.46. The fraction of sp³-hybridized carbons (Fsp3) is 0.333. The first-order valence-corrected chi connectivity index (χ1v) is 6.51. The first-order chi connectivity index (χ1) is 8.33. The van der Waals surface area contributed by atoms with Gasteiger partial charge in [0.15, 0.2) is 0 Å². The lowest BCUT2D eigenvalue weighted by Gasteiger charge is -2.03. The molecule has 0 saturated carbocycles. The van der Waals surface area contributed by atoms with E-state index in [0.717, 1.165) is 12.1 Å². The molecule has 0 aliphatic heterocycles. The maximum absolute atomic E-state index is 5.43. The van der Waals surface area contributed by atoms with Crippen molar-refractivity contribution in [3.05, 3.63) is 29.3 Å². The third-order valence-electron chi connectivity index (χ3n) is 2.35. The van der Waals surface area contributed by atoms with Crippen molar-refractivity contribution in [2.24, 2.45) is 5.73 Å². The summed E-state index contributed by atoms with van der Waals surface area (Å²) in [5.41, 5.74) is 6.39. The Morgan fingerprint density at radius 2 is 2.24 bits per heavy atom. The second-order valence-electron chi connectivity index (χ2n) is 3.60. The van der Waals surface area contributed by atoms with E-state index in [2.05, 4.69) is 34.3 Å². The predicted octanol–water partition coefficient (Wildman–Crippen LogP) is 2.14. The molecule has 3 N–H and O–H groups in total. The molecular formula is C12H16N4S. The van der Waals surface area contributed by atoms with Gasteiger partial charge in [-0.05, 0) is 24.6 Å². The number of hydrogen-bond donors (Lipinski definition) is 2. The highest BCUT2D eigenvalue weighted by molar-refractivity contribution is 7.15. The van der Waals surface area contributed by atoms with Crippen LogP contribution in [0.15, 0.2) is 24.4 Å². The van der Waals surface area contributed by atoms with Crippen molar-refractivity contribution >= 4 is 17.3 Å². The molecule has 0 spiro atoms. The van der Waals surface area contributed by atoms with E-state index in [1.165, 1.54) is 9.75 Å². The van der Waals surface area contributed by atoms with E-state index in [1.54, 1.807) is 17.5 Å². The Morgan fingerprint density at radius 3 is 2.94 bits per heavy atom. The molecule has 0 bridgehead atoms. The molecule has 0 radical (unpaired) electrons. The van der Waals surface area contributed by atoms with Crippen LogP contribution >= 0.6 is 11.3 Å². The van der Waals surface area contributed by atoms with Gasteiger partial charge >= 0.3 is 0 Å². The van der Waals surface area contributed by atoms with E-state index in [1.807, 2.05) is 6.07 Å². The summed E-state index contributed by atoms with van der Waals surface area (Å²) in [7, 11) is 0. The molecule has 5 heteroatoms. The van der Waals surface area contributed by atoms with Crippen molar-refractivity contribution in [1.29, 1.82) is 0 Å². The van der Waals surface area contributed by atoms with Gasteiger partial charge in [-0.25, -0.2) is 9.97 Å². The summed E-state index contributed by atoms with van der Waals surface area (Å²) in [6.45, 7) is 3.42. The quantitative estimate of drug-likeness (QED) is 0.851. The van der Waals surface area contributed by atoms with Crippen molar-refractivity contribution in [3.63, 3.8) is 0 Å². The van der Waals surface area contributed by atoms with E-state index in [0.29, 0.717) is 19.0 Å². The summed E-state index contributed by atoms with van der Waals surface area (Å²) in [6.07, 6.45) is 2.83. The summed E-state index contributed by atoms with van der Waals surface area (Å²) in [5.74, 6) is 0.638. The lowest BCUT2D eigenvalue weighted by atomic mass is 10.3. The van der Waals surface area contributed by atoms with Crippen LogP contribution in [-0.4, -0.2) is 23.1 Å². The van der Waals surface area contributed by atoms with Gasteiger partial charge in [-0.2, -0.15) is 0 Å². The van der Waals surface area contributed by atoms with Crippen LogP contribution in [0.2, 0.25) is 0 Å². The number of hydrogen-bond acceptors (Lipinski definition) is 5. The van der Waals surface area contributed by atoms with Crippen molar-refractivity contribution < 1.29 is 0 Å². The van der Waals surface area contributed by atoms with Gasteiger partial charge in [0, 0.05) is 24.2 Å². The standard InChI is InChI=1S/C12H16N4S/c1-2-9-3-4-11(17-9)10-5-7-14-12(16-10)15-8-6-13/h3-5,7H,2,6,8,13H2,1H3,(H,14,15,16). The van der Waals surface area contributed by atoms with E-state index in [4.69, 9.17) is 5.73 Å². The molecule has 0 aromatic carbocycles. The summed E-state index contributed by atoms with van der Waals surface area (Å²) >= 11 is 1.78. The second kappa shape index (κ2) is 5.75. The van der Waals surface area contributed by atoms with Crippen LogP contribution in [0.4, 0.5) is 5.95 Å². The number of nitrogens with zero attached hydrogens (tertiary/aromatic N) is 2. The fourth-order valence-electron chi connectivity index (χ4n) is 1.47. The lowest BCUT2D eigenvalue weighted by Crippen LogP contribution is -2.14. The van der Waals surface area contributed by atoms with Crippen molar-refractivity contribution in [2.45, 2.75) is 13.3 Å². The van der Waals surface area contributed by atoms with Gasteiger partial charge in [-0.3, -0.25) is 0 Å². The molecule has 0 amide bonds. The molecule has 0 fully saturated rings. The van der Waals surface area contributed by atoms with Gasteiger partial charge in [0.05, 0.1) is 10.6 Å². The normalized spacial score (nSPS) is 10.5. The van der Waals surface area contributed by atoms with Gasteiger partial charge in [0.2, 0.25) is 5.95 Å². The Balaban J connectivity index is 2.20. The molecule has 2 aromatic rings. The highest BCUT2D eigenvalue weighted by Crippen LogP contribution is 2.27. The highest BCUT2D eigenvalue weighted by Gasteiger charge is 2.04. The monoisotopic (exact) mass is 248 g/mol. The van der Waals surface area contributed by atoms with Crippen LogP contribution in [-0.2, 0) is 6.42 Å². The number of nitrogens with one attached hydrogen (secondary N) is 1. The summed E-state index contributed by atoms with van der Waals surface area (Å²) < 4.78 is 0. The van der Waals surface area contributed by atoms with E-state index >= 15 is 0 Å². The lowest BCUT2D eigenvalue weighted by molar-refractivity contribution is 0.991. The van der Waals surface area contributed by atoms with Crippen molar-refractivity contribution in [1.82, 2.24) is 9.97 Å². The van der Waals surface area contributed by atoms with E-state index in [-0.39, 0.29) is 0 Å². The smallest absolute Gasteiger partial charge is 0.223 e. The van der Waals surface area contributed by atoms with E-state index < -0.39 is 0 Å². The number of aromatic nitrogens is 2. The molecule has 0 atom stereocenters. The minimum absolute atomic E-state index is 0.576. The van der Waals surface area contributed by atoms with Crippen LogP contribution in [0.25, 0.3) is 10.6 Å². The van der Waals surface area contributed by atoms with Crippen LogP contribution in [0.3, 0.4) is 0 Å². The molecular weight excluding hydrogens is 232 g/mol. The molecule has 0 unspecified atom stereocenters. The Morgan fingerprint density at radius 1 is 1.35 bits per heavy atom. The molecule has 0 aliphatic carbocycles. The predicted molar refractivity (Wildman–Crippen MR) is 72.3 cm³/mol. The van der Waals surface area contributed by atoms with Crippen molar-refractivity contribution in [3.8, 4) is 10.6 Å². The number of aryl methyl sites for hydroxylation is 1. The van der Waals surface area contributed by atoms with Gasteiger partial charge in [-0.15, -0.1) is 11.3 Å². The first-order valence-electron chi connectivity index (χ1n) is 5.69. The first kappa shape index (κ1) is 12.0. The minimum atomic E-state index is 0.576. The van der Waals surface area contributed by atoms with Gasteiger partial charge in [0.25, 0.3) is 0 Å². The number of nitrogens with two attached hydrogens (primary N) is 1. The van der Waals surface area contributed by atoms with Gasteiger partial charge in [0.1, 0.15) is 0 Å². The number of anilines is 1. The van der Waals surface area contributed by atoms with Gasteiger partial charge < -0.3 is 11.1 Å². The second-order valence-corrected chi connectivity index (χ2v) is 4.77. The molecule has 90 valence electrons. The fourth-order valence-corrected chi connectivity index (χ4v) is 2.39. The zero-order valence-corrected chi connectivity index (χ0v) is 10.6.